The van der Waals surface area contributed by atoms with E-state index >= 15 is 0 Å². The van der Waals surface area contributed by atoms with E-state index in [2.05, 4.69) is 10.3 Å². The Bertz CT molecular complexity index is 667. The van der Waals surface area contributed by atoms with E-state index in [0.29, 0.717) is 31.3 Å². The van der Waals surface area contributed by atoms with Gasteiger partial charge in [-0.15, -0.1) is 22.7 Å². The Morgan fingerprint density at radius 2 is 2.42 bits per heavy atom. The average molecular weight is 367 g/mol. The van der Waals surface area contributed by atoms with Gasteiger partial charge in [-0.2, -0.15) is 0 Å². The van der Waals surface area contributed by atoms with E-state index in [9.17, 15) is 9.90 Å². The number of hydrogen-bond acceptors (Lipinski definition) is 6. The van der Waals surface area contributed by atoms with E-state index in [-0.39, 0.29) is 12.1 Å². The molecule has 2 N–H and O–H groups in total. The quantitative estimate of drug-likeness (QED) is 0.870. The minimum Gasteiger partial charge on any atom is -0.387 e. The number of morpholine rings is 1. The van der Waals surface area contributed by atoms with Crippen molar-refractivity contribution in [2.24, 2.45) is 0 Å². The summed E-state index contributed by atoms with van der Waals surface area (Å²) in [6.45, 7) is 5.37. The van der Waals surface area contributed by atoms with Crippen LogP contribution in [0.5, 0.6) is 0 Å². The summed E-state index contributed by atoms with van der Waals surface area (Å²) in [4.78, 5) is 20.7. The fourth-order valence-corrected chi connectivity index (χ4v) is 4.19. The predicted molar refractivity (Wildman–Crippen MR) is 95.8 cm³/mol. The van der Waals surface area contributed by atoms with Crippen LogP contribution in [0.4, 0.5) is 9.93 Å². The average Bonchev–Trinajstić information content (AvgIpc) is 3.18. The van der Waals surface area contributed by atoms with Crippen LogP contribution < -0.4 is 5.32 Å². The molecule has 0 spiro atoms. The molecule has 3 rings (SSSR count). The third kappa shape index (κ3) is 3.94. The highest BCUT2D eigenvalue weighted by Gasteiger charge is 2.30. The minimum atomic E-state index is -0.587. The molecule has 130 valence electrons. The molecule has 1 aliphatic heterocycles. The van der Waals surface area contributed by atoms with E-state index in [1.807, 2.05) is 31.4 Å². The van der Waals surface area contributed by atoms with Crippen molar-refractivity contribution in [1.29, 1.82) is 0 Å². The van der Waals surface area contributed by atoms with Gasteiger partial charge in [0.25, 0.3) is 0 Å². The number of amides is 2. The molecule has 2 aromatic rings. The normalized spacial score (nSPS) is 19.3. The molecule has 8 heteroatoms. The van der Waals surface area contributed by atoms with Crippen molar-refractivity contribution in [3.8, 4) is 0 Å². The summed E-state index contributed by atoms with van der Waals surface area (Å²) >= 11 is 2.99. The zero-order valence-corrected chi connectivity index (χ0v) is 15.3. The molecule has 0 aliphatic carbocycles. The van der Waals surface area contributed by atoms with Crippen LogP contribution in [-0.4, -0.2) is 46.8 Å². The van der Waals surface area contributed by atoms with Crippen LogP contribution in [0.25, 0.3) is 0 Å². The smallest absolute Gasteiger partial charge is 0.324 e. The number of rotatable bonds is 4. The Balaban J connectivity index is 1.66. The van der Waals surface area contributed by atoms with Gasteiger partial charge in [-0.1, -0.05) is 6.07 Å². The first-order chi connectivity index (χ1) is 11.5. The summed E-state index contributed by atoms with van der Waals surface area (Å²) in [6.07, 6.45) is -0.125. The molecule has 0 unspecified atom stereocenters. The van der Waals surface area contributed by atoms with Crippen molar-refractivity contribution >= 4 is 33.8 Å². The van der Waals surface area contributed by atoms with Crippen LogP contribution >= 0.6 is 22.7 Å². The van der Waals surface area contributed by atoms with Gasteiger partial charge in [0, 0.05) is 22.7 Å². The predicted octanol–water partition coefficient (Wildman–Crippen LogP) is 3.18. The number of thiophene rings is 1. The molecule has 0 aromatic carbocycles. The molecule has 0 bridgehead atoms. The van der Waals surface area contributed by atoms with E-state index in [4.69, 9.17) is 4.74 Å². The maximum Gasteiger partial charge on any atom is 0.324 e. The Morgan fingerprint density at radius 3 is 3.08 bits per heavy atom. The minimum absolute atomic E-state index is 0.155. The van der Waals surface area contributed by atoms with Gasteiger partial charge in [0.2, 0.25) is 0 Å². The van der Waals surface area contributed by atoms with E-state index in [0.717, 1.165) is 15.4 Å². The van der Waals surface area contributed by atoms with Gasteiger partial charge in [-0.3, -0.25) is 5.32 Å². The fourth-order valence-electron chi connectivity index (χ4n) is 2.66. The second-order valence-corrected chi connectivity index (χ2v) is 7.96. The molecule has 2 aromatic heterocycles. The van der Waals surface area contributed by atoms with Crippen molar-refractivity contribution in [3.63, 3.8) is 0 Å². The maximum absolute atomic E-state index is 12.6. The Hall–Kier alpha value is -1.48. The first-order valence-electron chi connectivity index (χ1n) is 7.85. The van der Waals surface area contributed by atoms with Crippen LogP contribution in [0.1, 0.15) is 28.0 Å². The molecule has 1 saturated heterocycles. The first-order valence-corrected chi connectivity index (χ1v) is 9.55. The SMILES string of the molecule is Cc1nc(NC(=O)N2CCOC[C@@H]2C[C@H](O)c2cccs2)sc1C. The number of ether oxygens (including phenoxy) is 1. The number of nitrogens with one attached hydrogen (secondary N) is 1. The summed E-state index contributed by atoms with van der Waals surface area (Å²) in [6, 6.07) is 3.48. The van der Waals surface area contributed by atoms with Gasteiger partial charge in [-0.05, 0) is 25.3 Å². The lowest BCUT2D eigenvalue weighted by molar-refractivity contribution is -0.00382. The zero-order chi connectivity index (χ0) is 17.1. The van der Waals surface area contributed by atoms with Crippen molar-refractivity contribution in [1.82, 2.24) is 9.88 Å². The van der Waals surface area contributed by atoms with Crippen LogP contribution in [0.15, 0.2) is 17.5 Å². The lowest BCUT2D eigenvalue weighted by atomic mass is 10.1. The monoisotopic (exact) mass is 367 g/mol. The lowest BCUT2D eigenvalue weighted by Crippen LogP contribution is -2.50. The molecular formula is C16H21N3O3S2. The van der Waals surface area contributed by atoms with Gasteiger partial charge in [0.15, 0.2) is 5.13 Å². The molecule has 3 heterocycles. The number of aliphatic hydroxyl groups is 1. The van der Waals surface area contributed by atoms with E-state index in [1.165, 1.54) is 22.7 Å². The molecule has 1 aliphatic rings. The highest BCUT2D eigenvalue weighted by Crippen LogP contribution is 2.27. The van der Waals surface area contributed by atoms with Crippen molar-refractivity contribution in [2.75, 3.05) is 25.1 Å². The van der Waals surface area contributed by atoms with Gasteiger partial charge >= 0.3 is 6.03 Å². The number of carbonyl (C=O) groups is 1. The molecule has 0 radical (unpaired) electrons. The van der Waals surface area contributed by atoms with E-state index < -0.39 is 6.10 Å². The number of hydrogen-bond donors (Lipinski definition) is 2. The fraction of sp³-hybridized carbons (Fsp3) is 0.500. The van der Waals surface area contributed by atoms with E-state index in [1.54, 1.807) is 4.90 Å². The third-order valence-corrected chi connectivity index (χ3v) is 6.06. The molecule has 2 atom stereocenters. The number of aromatic nitrogens is 1. The zero-order valence-electron chi connectivity index (χ0n) is 13.7. The summed E-state index contributed by atoms with van der Waals surface area (Å²) < 4.78 is 5.51. The van der Waals surface area contributed by atoms with Crippen LogP contribution in [-0.2, 0) is 4.74 Å². The van der Waals surface area contributed by atoms with Crippen molar-refractivity contribution in [3.05, 3.63) is 33.0 Å². The summed E-state index contributed by atoms with van der Waals surface area (Å²) in [5.41, 5.74) is 0.932. The van der Waals surface area contributed by atoms with Crippen molar-refractivity contribution in [2.45, 2.75) is 32.4 Å². The second-order valence-electron chi connectivity index (χ2n) is 5.78. The van der Waals surface area contributed by atoms with Crippen LogP contribution in [0, 0.1) is 13.8 Å². The summed E-state index contributed by atoms with van der Waals surface area (Å²) in [5, 5.41) is 15.8. The number of carbonyl (C=O) groups excluding carboxylic acids is 1. The summed E-state index contributed by atoms with van der Waals surface area (Å²) in [7, 11) is 0. The van der Waals surface area contributed by atoms with Gasteiger partial charge in [-0.25, -0.2) is 9.78 Å². The second kappa shape index (κ2) is 7.60. The van der Waals surface area contributed by atoms with Gasteiger partial charge < -0.3 is 14.7 Å². The number of aryl methyl sites for hydroxylation is 2. The highest BCUT2D eigenvalue weighted by molar-refractivity contribution is 7.15. The summed E-state index contributed by atoms with van der Waals surface area (Å²) in [5.74, 6) is 0. The number of anilines is 1. The molecule has 1 fully saturated rings. The topological polar surface area (TPSA) is 74.7 Å². The Labute approximate surface area is 149 Å². The first kappa shape index (κ1) is 17.3. The largest absolute Gasteiger partial charge is 0.387 e. The Kier molecular flexibility index (Phi) is 5.50. The van der Waals surface area contributed by atoms with Crippen LogP contribution in [0.2, 0.25) is 0 Å². The lowest BCUT2D eigenvalue weighted by Gasteiger charge is -2.36. The molecule has 2 amide bonds. The standard InChI is InChI=1S/C16H21N3O3S2/c1-10-11(2)24-15(17-10)18-16(21)19-5-6-22-9-12(19)8-13(20)14-4-3-7-23-14/h3-4,7,12-13,20H,5-6,8-9H2,1-2H3,(H,17,18,21)/t12-,13-/m0/s1. The maximum atomic E-state index is 12.6. The number of aliphatic hydroxyl groups excluding tert-OH is 1. The molecule has 6 nitrogen and oxygen atoms in total. The number of thiazole rings is 1. The molecule has 24 heavy (non-hydrogen) atoms. The van der Waals surface area contributed by atoms with Gasteiger partial charge in [0.1, 0.15) is 0 Å². The van der Waals surface area contributed by atoms with Gasteiger partial charge in [0.05, 0.1) is 31.1 Å². The van der Waals surface area contributed by atoms with Crippen LogP contribution in [0.3, 0.4) is 0 Å². The number of nitrogens with zero attached hydrogens (tertiary/aromatic N) is 2. The van der Waals surface area contributed by atoms with Crippen molar-refractivity contribution < 1.29 is 14.6 Å². The third-order valence-electron chi connectivity index (χ3n) is 4.10. The molecular weight excluding hydrogens is 346 g/mol. The Morgan fingerprint density at radius 1 is 1.58 bits per heavy atom. The molecule has 0 saturated carbocycles. The number of urea groups is 1. The highest BCUT2D eigenvalue weighted by atomic mass is 32.1.